The van der Waals surface area contributed by atoms with Crippen LogP contribution in [0.2, 0.25) is 0 Å². The Bertz CT molecular complexity index is 427. The predicted octanol–water partition coefficient (Wildman–Crippen LogP) is 0.844. The van der Waals surface area contributed by atoms with E-state index in [1.54, 1.807) is 31.4 Å². The highest BCUT2D eigenvalue weighted by Crippen LogP contribution is 2.17. The molecular weight excluding hydrogens is 256 g/mol. The van der Waals surface area contributed by atoms with Crippen molar-refractivity contribution >= 4 is 5.91 Å². The number of hydrogen-bond donors (Lipinski definition) is 3. The van der Waals surface area contributed by atoms with E-state index in [9.17, 15) is 9.90 Å². The summed E-state index contributed by atoms with van der Waals surface area (Å²) < 4.78 is 5.07. The molecule has 1 fully saturated rings. The van der Waals surface area contributed by atoms with Crippen LogP contribution in [0, 0.1) is 5.92 Å². The molecular formula is C15H22N2O3. The van der Waals surface area contributed by atoms with E-state index in [0.717, 1.165) is 37.2 Å². The molecule has 20 heavy (non-hydrogen) atoms. The first-order chi connectivity index (χ1) is 9.70. The summed E-state index contributed by atoms with van der Waals surface area (Å²) in [4.78, 5) is 12.0. The van der Waals surface area contributed by atoms with Crippen LogP contribution in [-0.4, -0.2) is 37.8 Å². The molecule has 0 aliphatic carbocycles. The van der Waals surface area contributed by atoms with Gasteiger partial charge in [0, 0.05) is 12.5 Å². The number of amides is 1. The molecule has 3 N–H and O–H groups in total. The molecule has 2 rings (SSSR count). The van der Waals surface area contributed by atoms with E-state index in [0.29, 0.717) is 0 Å². The van der Waals surface area contributed by atoms with Crippen LogP contribution in [0.3, 0.4) is 0 Å². The molecule has 0 spiro atoms. The lowest BCUT2D eigenvalue weighted by Gasteiger charge is -2.22. The number of hydrogen-bond acceptors (Lipinski definition) is 4. The Balaban J connectivity index is 1.81. The van der Waals surface area contributed by atoms with Crippen LogP contribution in [0.5, 0.6) is 5.75 Å². The maximum atomic E-state index is 12.0. The Kier molecular flexibility index (Phi) is 5.38. The fourth-order valence-corrected chi connectivity index (χ4v) is 2.37. The van der Waals surface area contributed by atoms with Gasteiger partial charge in [-0.05, 0) is 43.6 Å². The first kappa shape index (κ1) is 14.8. The number of piperidine rings is 1. The molecule has 1 atom stereocenters. The van der Waals surface area contributed by atoms with Gasteiger partial charge in [-0.2, -0.15) is 0 Å². The van der Waals surface area contributed by atoms with Crippen molar-refractivity contribution in [2.75, 3.05) is 26.7 Å². The minimum Gasteiger partial charge on any atom is -0.497 e. The number of ether oxygens (including phenoxy) is 1. The molecule has 1 aliphatic heterocycles. The van der Waals surface area contributed by atoms with Crippen LogP contribution in [0.1, 0.15) is 24.5 Å². The Hall–Kier alpha value is -1.59. The summed E-state index contributed by atoms with van der Waals surface area (Å²) in [5, 5.41) is 16.1. The third-order valence-corrected chi connectivity index (χ3v) is 3.68. The summed E-state index contributed by atoms with van der Waals surface area (Å²) in [5.41, 5.74) is 0.774. The molecule has 1 aromatic rings. The monoisotopic (exact) mass is 278 g/mol. The van der Waals surface area contributed by atoms with Gasteiger partial charge in [-0.25, -0.2) is 0 Å². The van der Waals surface area contributed by atoms with Crippen molar-refractivity contribution < 1.29 is 14.6 Å². The zero-order valence-corrected chi connectivity index (χ0v) is 11.8. The van der Waals surface area contributed by atoms with Gasteiger partial charge >= 0.3 is 0 Å². The number of methoxy groups -OCH3 is 1. The predicted molar refractivity (Wildman–Crippen MR) is 76.6 cm³/mol. The van der Waals surface area contributed by atoms with E-state index < -0.39 is 6.10 Å². The summed E-state index contributed by atoms with van der Waals surface area (Å²) >= 11 is 0. The van der Waals surface area contributed by atoms with Crippen molar-refractivity contribution in [3.8, 4) is 5.75 Å². The van der Waals surface area contributed by atoms with Crippen LogP contribution in [-0.2, 0) is 4.79 Å². The second-order valence-electron chi connectivity index (χ2n) is 5.06. The molecule has 5 nitrogen and oxygen atoms in total. The van der Waals surface area contributed by atoms with Gasteiger partial charge in [-0.15, -0.1) is 0 Å². The summed E-state index contributed by atoms with van der Waals surface area (Å²) in [7, 11) is 1.60. The maximum Gasteiger partial charge on any atom is 0.223 e. The molecule has 1 saturated heterocycles. The van der Waals surface area contributed by atoms with Gasteiger partial charge in [0.2, 0.25) is 5.91 Å². The molecule has 1 aliphatic rings. The molecule has 1 aromatic carbocycles. The first-order valence-corrected chi connectivity index (χ1v) is 7.01. The largest absolute Gasteiger partial charge is 0.497 e. The van der Waals surface area contributed by atoms with Crippen LogP contribution < -0.4 is 15.4 Å². The van der Waals surface area contributed by atoms with Crippen molar-refractivity contribution in [2.45, 2.75) is 18.9 Å². The van der Waals surface area contributed by atoms with Crippen LogP contribution >= 0.6 is 0 Å². The van der Waals surface area contributed by atoms with E-state index in [4.69, 9.17) is 4.74 Å². The Labute approximate surface area is 119 Å². The number of nitrogens with one attached hydrogen (secondary N) is 2. The van der Waals surface area contributed by atoms with Gasteiger partial charge in [0.05, 0.1) is 13.2 Å². The zero-order valence-electron chi connectivity index (χ0n) is 11.8. The quantitative estimate of drug-likeness (QED) is 0.746. The third-order valence-electron chi connectivity index (χ3n) is 3.68. The molecule has 0 bridgehead atoms. The van der Waals surface area contributed by atoms with E-state index in [1.165, 1.54) is 0 Å². The van der Waals surface area contributed by atoms with Crippen LogP contribution in [0.25, 0.3) is 0 Å². The molecule has 0 aromatic heterocycles. The van der Waals surface area contributed by atoms with Crippen molar-refractivity contribution in [2.24, 2.45) is 5.92 Å². The highest BCUT2D eigenvalue weighted by molar-refractivity contribution is 5.78. The minimum atomic E-state index is -0.688. The molecule has 5 heteroatoms. The fraction of sp³-hybridized carbons (Fsp3) is 0.533. The summed E-state index contributed by atoms with van der Waals surface area (Å²) in [6, 6.07) is 7.21. The minimum absolute atomic E-state index is 0.0408. The van der Waals surface area contributed by atoms with Crippen molar-refractivity contribution in [1.82, 2.24) is 10.6 Å². The molecule has 1 heterocycles. The molecule has 1 amide bonds. The third kappa shape index (κ3) is 3.95. The number of benzene rings is 1. The van der Waals surface area contributed by atoms with E-state index in [-0.39, 0.29) is 18.4 Å². The maximum absolute atomic E-state index is 12.0. The van der Waals surface area contributed by atoms with Crippen LogP contribution in [0.15, 0.2) is 24.3 Å². The van der Waals surface area contributed by atoms with Crippen molar-refractivity contribution in [3.05, 3.63) is 29.8 Å². The van der Waals surface area contributed by atoms with Gasteiger partial charge in [-0.3, -0.25) is 4.79 Å². The van der Waals surface area contributed by atoms with Crippen molar-refractivity contribution in [3.63, 3.8) is 0 Å². The SMILES string of the molecule is COc1ccc(C(O)CNC(=O)C2CCNCC2)cc1. The summed E-state index contributed by atoms with van der Waals surface area (Å²) in [6.07, 6.45) is 1.04. The molecule has 0 radical (unpaired) electrons. The summed E-state index contributed by atoms with van der Waals surface area (Å²) in [6.45, 7) is 2.02. The van der Waals surface area contributed by atoms with Gasteiger partial charge in [-0.1, -0.05) is 12.1 Å². The van der Waals surface area contributed by atoms with Gasteiger partial charge in [0.25, 0.3) is 0 Å². The lowest BCUT2D eigenvalue weighted by atomic mass is 9.97. The van der Waals surface area contributed by atoms with E-state index >= 15 is 0 Å². The van der Waals surface area contributed by atoms with Gasteiger partial charge < -0.3 is 20.5 Å². The summed E-state index contributed by atoms with van der Waals surface area (Å²) in [5.74, 6) is 0.859. The van der Waals surface area contributed by atoms with E-state index in [1.807, 2.05) is 0 Å². The average molecular weight is 278 g/mol. The topological polar surface area (TPSA) is 70.6 Å². The number of carbonyl (C=O) groups is 1. The Morgan fingerprint density at radius 2 is 2.05 bits per heavy atom. The lowest BCUT2D eigenvalue weighted by molar-refractivity contribution is -0.126. The number of rotatable bonds is 5. The Morgan fingerprint density at radius 1 is 1.40 bits per heavy atom. The molecule has 110 valence electrons. The average Bonchev–Trinajstić information content (AvgIpc) is 2.53. The van der Waals surface area contributed by atoms with Gasteiger partial charge in [0.1, 0.15) is 5.75 Å². The molecule has 0 saturated carbocycles. The fourth-order valence-electron chi connectivity index (χ4n) is 2.37. The second-order valence-corrected chi connectivity index (χ2v) is 5.06. The normalized spacial score (nSPS) is 17.5. The molecule has 1 unspecified atom stereocenters. The van der Waals surface area contributed by atoms with E-state index in [2.05, 4.69) is 10.6 Å². The van der Waals surface area contributed by atoms with Gasteiger partial charge in [0.15, 0.2) is 0 Å². The Morgan fingerprint density at radius 3 is 2.65 bits per heavy atom. The highest BCUT2D eigenvalue weighted by atomic mass is 16.5. The number of aliphatic hydroxyl groups is 1. The lowest BCUT2D eigenvalue weighted by Crippen LogP contribution is -2.39. The number of aliphatic hydroxyl groups excluding tert-OH is 1. The second kappa shape index (κ2) is 7.26. The standard InChI is InChI=1S/C15H22N2O3/c1-20-13-4-2-11(3-5-13)14(18)10-17-15(19)12-6-8-16-9-7-12/h2-5,12,14,16,18H,6-10H2,1H3,(H,17,19). The highest BCUT2D eigenvalue weighted by Gasteiger charge is 2.21. The first-order valence-electron chi connectivity index (χ1n) is 7.01. The van der Waals surface area contributed by atoms with Crippen LogP contribution in [0.4, 0.5) is 0 Å². The van der Waals surface area contributed by atoms with Crippen molar-refractivity contribution in [1.29, 1.82) is 0 Å². The number of carbonyl (C=O) groups excluding carboxylic acids is 1. The zero-order chi connectivity index (χ0) is 14.4. The smallest absolute Gasteiger partial charge is 0.223 e.